The van der Waals surface area contributed by atoms with E-state index in [0.29, 0.717) is 5.56 Å². The third-order valence-corrected chi connectivity index (χ3v) is 2.26. The van der Waals surface area contributed by atoms with Crippen molar-refractivity contribution in [2.45, 2.75) is 6.42 Å². The maximum absolute atomic E-state index is 13.1. The van der Waals surface area contributed by atoms with Gasteiger partial charge >= 0.3 is 0 Å². The minimum atomic E-state index is -0.281. The van der Waals surface area contributed by atoms with Crippen LogP contribution in [0, 0.1) is 17.7 Å². The predicted octanol–water partition coefficient (Wildman–Crippen LogP) is 3.72. The summed E-state index contributed by atoms with van der Waals surface area (Å²) in [4.78, 5) is 0. The van der Waals surface area contributed by atoms with Crippen LogP contribution in [0.3, 0.4) is 0 Å². The van der Waals surface area contributed by atoms with Gasteiger partial charge in [0.05, 0.1) is 5.56 Å². The van der Waals surface area contributed by atoms with E-state index in [1.54, 1.807) is 12.1 Å². The molecular formula is C10H7Br2F. The van der Waals surface area contributed by atoms with Gasteiger partial charge in [-0.25, -0.2) is 4.39 Å². The molecule has 0 aromatic heterocycles. The summed E-state index contributed by atoms with van der Waals surface area (Å²) in [7, 11) is 0. The zero-order chi connectivity index (χ0) is 9.68. The molecule has 0 bridgehead atoms. The van der Waals surface area contributed by atoms with Crippen LogP contribution in [-0.2, 0) is 0 Å². The van der Waals surface area contributed by atoms with Crippen molar-refractivity contribution in [2.24, 2.45) is 0 Å². The minimum absolute atomic E-state index is 0.281. The second kappa shape index (κ2) is 5.41. The topological polar surface area (TPSA) is 0 Å². The largest absolute Gasteiger partial charge is 0.206 e. The van der Waals surface area contributed by atoms with Crippen LogP contribution in [0.5, 0.6) is 0 Å². The summed E-state index contributed by atoms with van der Waals surface area (Å²) in [6.45, 7) is 0. The van der Waals surface area contributed by atoms with Gasteiger partial charge in [0.15, 0.2) is 0 Å². The average molecular weight is 306 g/mol. The summed E-state index contributed by atoms with van der Waals surface area (Å²) in [6.07, 6.45) is 0.732. The van der Waals surface area contributed by atoms with Gasteiger partial charge < -0.3 is 0 Å². The third-order valence-electron chi connectivity index (χ3n) is 1.37. The Morgan fingerprint density at radius 3 is 2.77 bits per heavy atom. The number of hydrogen-bond donors (Lipinski definition) is 0. The summed E-state index contributed by atoms with van der Waals surface area (Å²) in [5, 5.41) is 0.818. The highest BCUT2D eigenvalue weighted by molar-refractivity contribution is 9.10. The lowest BCUT2D eigenvalue weighted by molar-refractivity contribution is 0.623. The molecule has 0 unspecified atom stereocenters. The maximum Gasteiger partial charge on any atom is 0.139 e. The molecular weight excluding hydrogens is 299 g/mol. The molecule has 0 saturated heterocycles. The van der Waals surface area contributed by atoms with Crippen molar-refractivity contribution in [1.82, 2.24) is 0 Å². The molecule has 1 rings (SSSR count). The summed E-state index contributed by atoms with van der Waals surface area (Å²) in [5.41, 5.74) is 0.448. The number of hydrogen-bond acceptors (Lipinski definition) is 0. The van der Waals surface area contributed by atoms with Gasteiger partial charge in [-0.1, -0.05) is 43.7 Å². The van der Waals surface area contributed by atoms with E-state index in [1.807, 2.05) is 0 Å². The Bertz CT molecular complexity index is 350. The van der Waals surface area contributed by atoms with E-state index in [1.165, 1.54) is 6.07 Å². The molecule has 0 amide bonds. The smallest absolute Gasteiger partial charge is 0.139 e. The van der Waals surface area contributed by atoms with Gasteiger partial charge in [-0.15, -0.1) is 0 Å². The lowest BCUT2D eigenvalue weighted by Crippen LogP contribution is -1.82. The zero-order valence-electron chi connectivity index (χ0n) is 6.78. The van der Waals surface area contributed by atoms with Crippen LogP contribution in [0.15, 0.2) is 22.7 Å². The van der Waals surface area contributed by atoms with Crippen LogP contribution >= 0.6 is 31.9 Å². The van der Waals surface area contributed by atoms with E-state index in [4.69, 9.17) is 0 Å². The van der Waals surface area contributed by atoms with Crippen molar-refractivity contribution in [3.8, 4) is 11.8 Å². The fraction of sp³-hybridized carbons (Fsp3) is 0.200. The van der Waals surface area contributed by atoms with Gasteiger partial charge in [0.25, 0.3) is 0 Å². The maximum atomic E-state index is 13.1. The van der Waals surface area contributed by atoms with E-state index in [2.05, 4.69) is 43.7 Å². The SMILES string of the molecule is Fc1cc(Br)ccc1C#CCCBr. The first-order valence-electron chi connectivity index (χ1n) is 3.74. The highest BCUT2D eigenvalue weighted by Crippen LogP contribution is 2.14. The number of alkyl halides is 1. The first kappa shape index (κ1) is 10.7. The van der Waals surface area contributed by atoms with Gasteiger partial charge in [-0.3, -0.25) is 0 Å². The Kier molecular flexibility index (Phi) is 4.47. The first-order valence-corrected chi connectivity index (χ1v) is 5.65. The molecule has 0 fully saturated rings. The standard InChI is InChI=1S/C10H7Br2F/c11-6-2-1-3-8-4-5-9(12)7-10(8)13/h4-5,7H,2,6H2. The van der Waals surface area contributed by atoms with Crippen LogP contribution in [0.25, 0.3) is 0 Å². The van der Waals surface area contributed by atoms with Crippen LogP contribution in [0.2, 0.25) is 0 Å². The monoisotopic (exact) mass is 304 g/mol. The van der Waals surface area contributed by atoms with Crippen molar-refractivity contribution in [2.75, 3.05) is 5.33 Å². The number of benzene rings is 1. The highest BCUT2D eigenvalue weighted by Gasteiger charge is 1.97. The summed E-state index contributed by atoms with van der Waals surface area (Å²) in [6, 6.07) is 4.86. The molecule has 0 saturated carbocycles. The Morgan fingerprint density at radius 1 is 1.38 bits per heavy atom. The van der Waals surface area contributed by atoms with Crippen molar-refractivity contribution < 1.29 is 4.39 Å². The van der Waals surface area contributed by atoms with Crippen molar-refractivity contribution >= 4 is 31.9 Å². The van der Waals surface area contributed by atoms with E-state index in [-0.39, 0.29) is 5.82 Å². The molecule has 0 radical (unpaired) electrons. The Hall–Kier alpha value is -0.330. The van der Waals surface area contributed by atoms with E-state index in [9.17, 15) is 4.39 Å². The summed E-state index contributed by atoms with van der Waals surface area (Å²) in [5.74, 6) is 5.34. The minimum Gasteiger partial charge on any atom is -0.206 e. The Labute approximate surface area is 93.8 Å². The summed E-state index contributed by atoms with van der Waals surface area (Å²) < 4.78 is 13.9. The Balaban J connectivity index is 2.85. The molecule has 0 aliphatic heterocycles. The van der Waals surface area contributed by atoms with E-state index in [0.717, 1.165) is 16.2 Å². The van der Waals surface area contributed by atoms with Gasteiger partial charge in [0.1, 0.15) is 5.82 Å². The third kappa shape index (κ3) is 3.50. The van der Waals surface area contributed by atoms with Gasteiger partial charge in [-0.05, 0) is 18.2 Å². The molecule has 0 spiro atoms. The molecule has 1 aromatic rings. The highest BCUT2D eigenvalue weighted by atomic mass is 79.9. The molecule has 1 aromatic carbocycles. The molecule has 0 heterocycles. The fourth-order valence-corrected chi connectivity index (χ4v) is 1.33. The van der Waals surface area contributed by atoms with Crippen molar-refractivity contribution in [3.05, 3.63) is 34.1 Å². The van der Waals surface area contributed by atoms with E-state index >= 15 is 0 Å². The molecule has 0 atom stereocenters. The predicted molar refractivity (Wildman–Crippen MR) is 59.4 cm³/mol. The normalized spacial score (nSPS) is 9.15. The van der Waals surface area contributed by atoms with E-state index < -0.39 is 0 Å². The molecule has 68 valence electrons. The zero-order valence-corrected chi connectivity index (χ0v) is 9.95. The second-order valence-electron chi connectivity index (χ2n) is 2.36. The van der Waals surface area contributed by atoms with Gasteiger partial charge in [0.2, 0.25) is 0 Å². The lowest BCUT2D eigenvalue weighted by Gasteiger charge is -1.94. The Morgan fingerprint density at radius 2 is 2.15 bits per heavy atom. The quantitative estimate of drug-likeness (QED) is 0.548. The molecule has 0 nitrogen and oxygen atoms in total. The first-order chi connectivity index (χ1) is 6.24. The van der Waals surface area contributed by atoms with Crippen molar-refractivity contribution in [3.63, 3.8) is 0 Å². The molecule has 0 N–H and O–H groups in total. The number of rotatable bonds is 1. The molecule has 0 aliphatic rings. The van der Waals surface area contributed by atoms with Crippen LogP contribution in [0.4, 0.5) is 4.39 Å². The average Bonchev–Trinajstić information content (AvgIpc) is 2.09. The molecule has 3 heteroatoms. The number of halogens is 3. The molecule has 0 aliphatic carbocycles. The second-order valence-corrected chi connectivity index (χ2v) is 4.07. The van der Waals surface area contributed by atoms with Crippen LogP contribution in [0.1, 0.15) is 12.0 Å². The van der Waals surface area contributed by atoms with Crippen molar-refractivity contribution in [1.29, 1.82) is 0 Å². The lowest BCUT2D eigenvalue weighted by atomic mass is 10.2. The summed E-state index contributed by atoms with van der Waals surface area (Å²) >= 11 is 6.43. The fourth-order valence-electron chi connectivity index (χ4n) is 0.796. The van der Waals surface area contributed by atoms with Gasteiger partial charge in [0, 0.05) is 16.2 Å². The van der Waals surface area contributed by atoms with Crippen LogP contribution in [-0.4, -0.2) is 5.33 Å². The van der Waals surface area contributed by atoms with Crippen LogP contribution < -0.4 is 0 Å². The molecule has 13 heavy (non-hydrogen) atoms. The van der Waals surface area contributed by atoms with Gasteiger partial charge in [-0.2, -0.15) is 0 Å².